The first-order chi connectivity index (χ1) is 15.3. The van der Waals surface area contributed by atoms with Crippen LogP contribution in [0.2, 0.25) is 0 Å². The summed E-state index contributed by atoms with van der Waals surface area (Å²) < 4.78 is 38.0. The zero-order chi connectivity index (χ0) is 23.0. The van der Waals surface area contributed by atoms with Gasteiger partial charge in [-0.1, -0.05) is 24.3 Å². The first-order valence-corrected chi connectivity index (χ1v) is 13.1. The highest BCUT2D eigenvalue weighted by atomic mass is 127. The summed E-state index contributed by atoms with van der Waals surface area (Å²) >= 11 is 3.15. The number of halogens is 1. The van der Waals surface area contributed by atoms with Gasteiger partial charge in [0, 0.05) is 9.32 Å². The highest BCUT2D eigenvalue weighted by molar-refractivity contribution is 14.1. The van der Waals surface area contributed by atoms with Gasteiger partial charge in [0.2, 0.25) is 15.7 Å². The number of rotatable bonds is 6. The summed E-state index contributed by atoms with van der Waals surface area (Å²) in [5.74, 6) is -0.714. The van der Waals surface area contributed by atoms with E-state index in [2.05, 4.69) is 0 Å². The summed E-state index contributed by atoms with van der Waals surface area (Å²) in [5, 5.41) is -0.500. The van der Waals surface area contributed by atoms with Crippen LogP contribution in [0.4, 0.5) is 0 Å². The van der Waals surface area contributed by atoms with Crippen molar-refractivity contribution < 1.29 is 27.5 Å². The number of fused-ring (bicyclic) bond motifs is 1. The Morgan fingerprint density at radius 1 is 1.22 bits per heavy atom. The van der Waals surface area contributed by atoms with Crippen molar-refractivity contribution in [1.82, 2.24) is 4.90 Å². The first kappa shape index (κ1) is 23.1. The number of carbonyl (C=O) groups is 2. The van der Waals surface area contributed by atoms with E-state index < -0.39 is 33.1 Å². The summed E-state index contributed by atoms with van der Waals surface area (Å²) in [4.78, 5) is 26.6. The number of amides is 1. The van der Waals surface area contributed by atoms with Gasteiger partial charge in [-0.15, -0.1) is 11.8 Å². The van der Waals surface area contributed by atoms with E-state index >= 15 is 0 Å². The summed E-state index contributed by atoms with van der Waals surface area (Å²) in [6.07, 6.45) is 0. The molecular formula is C21H19IN2O6S2. The number of β-lactam (4-membered cyclic amide) rings is 1. The van der Waals surface area contributed by atoms with Gasteiger partial charge in [-0.2, -0.15) is 0 Å². The lowest BCUT2D eigenvalue weighted by atomic mass is 10.1. The maximum Gasteiger partial charge on any atom is 0.356 e. The average Bonchev–Trinajstić information content (AvgIpc) is 2.81. The summed E-state index contributed by atoms with van der Waals surface area (Å²) in [6.45, 7) is -0.0889. The van der Waals surface area contributed by atoms with Crippen LogP contribution in [0.15, 0.2) is 64.0 Å². The van der Waals surface area contributed by atoms with E-state index in [1.54, 1.807) is 49.6 Å². The second-order valence-corrected chi connectivity index (χ2v) is 11.3. The maximum absolute atomic E-state index is 13.5. The topological polar surface area (TPSA) is 116 Å². The molecule has 2 aromatic rings. The molecule has 2 atom stereocenters. The van der Waals surface area contributed by atoms with Crippen molar-refractivity contribution in [2.45, 2.75) is 22.9 Å². The minimum atomic E-state index is -4.04. The van der Waals surface area contributed by atoms with E-state index in [1.807, 2.05) is 22.6 Å². The summed E-state index contributed by atoms with van der Waals surface area (Å²) in [7, 11) is -2.50. The fourth-order valence-corrected chi connectivity index (χ4v) is 7.92. The van der Waals surface area contributed by atoms with Crippen LogP contribution < -0.4 is 10.5 Å². The Kier molecular flexibility index (Phi) is 6.52. The predicted octanol–water partition coefficient (Wildman–Crippen LogP) is 2.27. The van der Waals surface area contributed by atoms with Crippen LogP contribution in [-0.2, 0) is 30.8 Å². The van der Waals surface area contributed by atoms with Crippen LogP contribution in [0, 0.1) is 3.57 Å². The Balaban J connectivity index is 1.70. The van der Waals surface area contributed by atoms with Crippen LogP contribution in [0.5, 0.6) is 5.75 Å². The monoisotopic (exact) mass is 586 g/mol. The molecule has 0 aromatic heterocycles. The molecule has 1 saturated heterocycles. The standard InChI is InChI=1S/C21H19IN2O6S2/c1-29-13-8-6-12(7-9-13)10-30-21(26)18-16(11-31-20-17(23)19(25)24(18)20)32(27,28)15-5-3-2-4-14(15)22/h2-9,17,20H,10-11,23H2,1H3/t17-,20?/m1/s1. The third-order valence-corrected chi connectivity index (χ3v) is 9.86. The van der Waals surface area contributed by atoms with Gasteiger partial charge in [0.15, 0.2) is 0 Å². The van der Waals surface area contributed by atoms with Crippen molar-refractivity contribution in [3.63, 3.8) is 0 Å². The average molecular weight is 586 g/mol. The molecule has 168 valence electrons. The van der Waals surface area contributed by atoms with Gasteiger partial charge in [-0.25, -0.2) is 13.2 Å². The Hall–Kier alpha value is -2.09. The number of sulfone groups is 1. The number of hydrogen-bond donors (Lipinski definition) is 1. The molecule has 32 heavy (non-hydrogen) atoms. The Morgan fingerprint density at radius 2 is 1.91 bits per heavy atom. The molecular weight excluding hydrogens is 567 g/mol. The molecule has 0 spiro atoms. The van der Waals surface area contributed by atoms with Crippen molar-refractivity contribution >= 4 is 56.1 Å². The second kappa shape index (κ2) is 9.04. The second-order valence-electron chi connectivity index (χ2n) is 7.07. The fraction of sp³-hybridized carbons (Fsp3) is 0.238. The van der Waals surface area contributed by atoms with Gasteiger partial charge in [0.25, 0.3) is 0 Å². The third-order valence-electron chi connectivity index (χ3n) is 5.15. The SMILES string of the molecule is COc1ccc(COC(=O)C2=C(S(=O)(=O)c3ccccc3I)CSC3[C@H](N)C(=O)N23)cc1. The van der Waals surface area contributed by atoms with Gasteiger partial charge >= 0.3 is 5.97 Å². The largest absolute Gasteiger partial charge is 0.497 e. The zero-order valence-corrected chi connectivity index (χ0v) is 20.6. The number of carbonyl (C=O) groups excluding carboxylic acids is 2. The Morgan fingerprint density at radius 3 is 2.56 bits per heavy atom. The molecule has 2 aromatic carbocycles. The molecule has 4 rings (SSSR count). The molecule has 0 saturated carbocycles. The lowest BCUT2D eigenvalue weighted by Gasteiger charge is -2.48. The lowest BCUT2D eigenvalue weighted by molar-refractivity contribution is -0.151. The number of methoxy groups -OCH3 is 1. The number of ether oxygens (including phenoxy) is 2. The van der Waals surface area contributed by atoms with Crippen molar-refractivity contribution in [2.24, 2.45) is 5.73 Å². The minimum absolute atomic E-state index is 0.0163. The molecule has 2 aliphatic heterocycles. The van der Waals surface area contributed by atoms with E-state index in [0.717, 1.165) is 4.90 Å². The molecule has 8 nitrogen and oxygen atoms in total. The fourth-order valence-electron chi connectivity index (χ4n) is 3.42. The zero-order valence-electron chi connectivity index (χ0n) is 16.9. The van der Waals surface area contributed by atoms with Crippen molar-refractivity contribution in [1.29, 1.82) is 0 Å². The predicted molar refractivity (Wildman–Crippen MR) is 127 cm³/mol. The van der Waals surface area contributed by atoms with E-state index in [1.165, 1.54) is 17.8 Å². The third kappa shape index (κ3) is 4.02. The number of hydrogen-bond acceptors (Lipinski definition) is 8. The normalized spacial score (nSPS) is 20.5. The molecule has 0 aliphatic carbocycles. The van der Waals surface area contributed by atoms with E-state index in [4.69, 9.17) is 15.2 Å². The lowest BCUT2D eigenvalue weighted by Crippen LogP contribution is -2.68. The molecule has 2 aliphatic rings. The van der Waals surface area contributed by atoms with Gasteiger partial charge in [-0.05, 0) is 52.4 Å². The summed E-state index contributed by atoms with van der Waals surface area (Å²) in [5.41, 5.74) is 6.31. The maximum atomic E-state index is 13.5. The highest BCUT2D eigenvalue weighted by Gasteiger charge is 2.54. The van der Waals surface area contributed by atoms with E-state index in [9.17, 15) is 18.0 Å². The number of nitrogens with two attached hydrogens (primary N) is 1. The molecule has 2 heterocycles. The first-order valence-electron chi connectivity index (χ1n) is 9.48. The smallest absolute Gasteiger partial charge is 0.356 e. The van der Waals surface area contributed by atoms with Crippen LogP contribution in [0.3, 0.4) is 0 Å². The molecule has 1 unspecified atom stereocenters. The van der Waals surface area contributed by atoms with Crippen molar-refractivity contribution in [2.75, 3.05) is 12.9 Å². The van der Waals surface area contributed by atoms with Crippen LogP contribution in [0.1, 0.15) is 5.56 Å². The van der Waals surface area contributed by atoms with E-state index in [-0.39, 0.29) is 27.9 Å². The molecule has 0 bridgehead atoms. The summed E-state index contributed by atoms with van der Waals surface area (Å²) in [6, 6.07) is 12.6. The molecule has 0 radical (unpaired) electrons. The van der Waals surface area contributed by atoms with E-state index in [0.29, 0.717) is 14.9 Å². The quantitative estimate of drug-likeness (QED) is 0.312. The van der Waals surface area contributed by atoms with Crippen LogP contribution >= 0.6 is 34.4 Å². The van der Waals surface area contributed by atoms with Crippen LogP contribution in [-0.4, -0.2) is 49.5 Å². The number of thioether (sulfide) groups is 1. The van der Waals surface area contributed by atoms with Crippen LogP contribution in [0.25, 0.3) is 0 Å². The van der Waals surface area contributed by atoms with Crippen molar-refractivity contribution in [3.05, 3.63) is 68.3 Å². The van der Waals surface area contributed by atoms with Gasteiger partial charge in [0.05, 0.1) is 16.9 Å². The highest BCUT2D eigenvalue weighted by Crippen LogP contribution is 2.43. The van der Waals surface area contributed by atoms with Crippen molar-refractivity contribution in [3.8, 4) is 5.75 Å². The molecule has 1 amide bonds. The van der Waals surface area contributed by atoms with Gasteiger partial charge < -0.3 is 15.2 Å². The minimum Gasteiger partial charge on any atom is -0.497 e. The molecule has 1 fully saturated rings. The van der Waals surface area contributed by atoms with Gasteiger partial charge in [-0.3, -0.25) is 9.69 Å². The Bertz CT molecular complexity index is 1210. The van der Waals surface area contributed by atoms with Gasteiger partial charge in [0.1, 0.15) is 29.5 Å². The number of esters is 1. The number of benzene rings is 2. The molecule has 2 N–H and O–H groups in total. The Labute approximate surface area is 203 Å². The number of nitrogens with zero attached hydrogens (tertiary/aromatic N) is 1. The molecule has 11 heteroatoms.